The number of nitrogens with two attached hydrogens (primary N) is 1. The van der Waals surface area contributed by atoms with Gasteiger partial charge in [0.1, 0.15) is 5.82 Å². The van der Waals surface area contributed by atoms with Crippen LogP contribution in [0.5, 0.6) is 0 Å². The van der Waals surface area contributed by atoms with Gasteiger partial charge in [0.15, 0.2) is 0 Å². The van der Waals surface area contributed by atoms with Gasteiger partial charge in [-0.2, -0.15) is 4.39 Å². The van der Waals surface area contributed by atoms with Crippen molar-refractivity contribution >= 4 is 5.69 Å². The van der Waals surface area contributed by atoms with Gasteiger partial charge >= 0.3 is 5.69 Å². The summed E-state index contributed by atoms with van der Waals surface area (Å²) in [7, 11) is 0. The molecule has 1 aromatic carbocycles. The summed E-state index contributed by atoms with van der Waals surface area (Å²) in [5.74, 6) is -1.77. The maximum absolute atomic E-state index is 13.6. The predicted molar refractivity (Wildman–Crippen MR) is 53.0 cm³/mol. The Labute approximate surface area is 90.2 Å². The van der Waals surface area contributed by atoms with Gasteiger partial charge in [-0.1, -0.05) is 0 Å². The lowest BCUT2D eigenvalue weighted by atomic mass is 9.95. The highest BCUT2D eigenvalue weighted by Gasteiger charge is 2.45. The van der Waals surface area contributed by atoms with Gasteiger partial charge in [-0.15, -0.1) is 0 Å². The number of nitro benzene ring substituents is 1. The first-order chi connectivity index (χ1) is 7.50. The van der Waals surface area contributed by atoms with Gasteiger partial charge in [0.05, 0.1) is 11.0 Å². The summed E-state index contributed by atoms with van der Waals surface area (Å²) in [6.45, 7) is 0.223. The van der Waals surface area contributed by atoms with E-state index < -0.39 is 27.7 Å². The molecule has 2 N–H and O–H groups in total. The van der Waals surface area contributed by atoms with Crippen molar-refractivity contribution in [3.05, 3.63) is 39.4 Å². The Bertz CT molecular complexity index is 458. The Kier molecular flexibility index (Phi) is 2.38. The molecule has 1 aromatic rings. The number of halogens is 2. The minimum atomic E-state index is -1.01. The highest BCUT2D eigenvalue weighted by Crippen LogP contribution is 2.48. The third-order valence-corrected chi connectivity index (χ3v) is 3.05. The molecular weight excluding hydrogens is 218 g/mol. The molecule has 0 aliphatic heterocycles. The van der Waals surface area contributed by atoms with Crippen LogP contribution in [0.4, 0.5) is 14.5 Å². The highest BCUT2D eigenvalue weighted by molar-refractivity contribution is 5.42. The van der Waals surface area contributed by atoms with Crippen molar-refractivity contribution in [2.45, 2.75) is 18.3 Å². The van der Waals surface area contributed by atoms with Crippen LogP contribution in [-0.2, 0) is 5.41 Å². The van der Waals surface area contributed by atoms with E-state index in [-0.39, 0.29) is 12.1 Å². The van der Waals surface area contributed by atoms with Crippen LogP contribution in [0.1, 0.15) is 18.4 Å². The zero-order chi connectivity index (χ0) is 11.9. The molecule has 1 aliphatic rings. The van der Waals surface area contributed by atoms with E-state index in [0.29, 0.717) is 18.9 Å². The molecular formula is C10H10F2N2O2. The maximum Gasteiger partial charge on any atom is 0.307 e. The van der Waals surface area contributed by atoms with Crippen LogP contribution in [-0.4, -0.2) is 11.5 Å². The van der Waals surface area contributed by atoms with E-state index in [2.05, 4.69) is 0 Å². The van der Waals surface area contributed by atoms with Crippen LogP contribution in [0.15, 0.2) is 12.1 Å². The van der Waals surface area contributed by atoms with Crippen molar-refractivity contribution in [3.8, 4) is 0 Å². The summed E-state index contributed by atoms with van der Waals surface area (Å²) in [6, 6.07) is 1.52. The monoisotopic (exact) mass is 228 g/mol. The number of rotatable bonds is 3. The quantitative estimate of drug-likeness (QED) is 0.634. The Balaban J connectivity index is 2.50. The molecule has 0 saturated heterocycles. The summed E-state index contributed by atoms with van der Waals surface area (Å²) in [4.78, 5) is 9.45. The summed E-state index contributed by atoms with van der Waals surface area (Å²) < 4.78 is 26.9. The first-order valence-electron chi connectivity index (χ1n) is 4.84. The van der Waals surface area contributed by atoms with Crippen LogP contribution >= 0.6 is 0 Å². The standard InChI is InChI=1S/C10H10F2N2O2/c11-7-4-9(14(15)16)8(12)3-6(7)10(5-13)1-2-10/h3-4H,1-2,5,13H2. The van der Waals surface area contributed by atoms with Gasteiger partial charge in [-0.05, 0) is 24.5 Å². The molecule has 4 nitrogen and oxygen atoms in total. The molecule has 1 saturated carbocycles. The van der Waals surface area contributed by atoms with Gasteiger partial charge in [0, 0.05) is 12.0 Å². The lowest BCUT2D eigenvalue weighted by Gasteiger charge is -2.13. The second-order valence-electron chi connectivity index (χ2n) is 4.03. The van der Waals surface area contributed by atoms with E-state index in [4.69, 9.17) is 5.73 Å². The fraction of sp³-hybridized carbons (Fsp3) is 0.400. The lowest BCUT2D eigenvalue weighted by molar-refractivity contribution is -0.387. The largest absolute Gasteiger partial charge is 0.330 e. The maximum atomic E-state index is 13.6. The molecule has 0 atom stereocenters. The first kappa shape index (κ1) is 10.9. The molecule has 0 amide bonds. The van der Waals surface area contributed by atoms with Crippen LogP contribution in [0.25, 0.3) is 0 Å². The molecule has 16 heavy (non-hydrogen) atoms. The molecule has 0 unspecified atom stereocenters. The second kappa shape index (κ2) is 3.48. The Morgan fingerprint density at radius 1 is 1.38 bits per heavy atom. The first-order valence-corrected chi connectivity index (χ1v) is 4.84. The van der Waals surface area contributed by atoms with Crippen LogP contribution < -0.4 is 5.73 Å². The van der Waals surface area contributed by atoms with E-state index in [0.717, 1.165) is 6.07 Å². The average molecular weight is 228 g/mol. The van der Waals surface area contributed by atoms with Gasteiger partial charge < -0.3 is 5.73 Å². The van der Waals surface area contributed by atoms with Crippen molar-refractivity contribution in [2.75, 3.05) is 6.54 Å². The smallest absolute Gasteiger partial charge is 0.307 e. The highest BCUT2D eigenvalue weighted by atomic mass is 19.1. The normalized spacial score (nSPS) is 17.2. The van der Waals surface area contributed by atoms with E-state index in [1.165, 1.54) is 0 Å². The summed E-state index contributed by atoms with van der Waals surface area (Å²) in [5.41, 5.74) is 4.29. The molecule has 2 rings (SSSR count). The minimum absolute atomic E-state index is 0.151. The van der Waals surface area contributed by atoms with E-state index in [1.54, 1.807) is 0 Å². The molecule has 86 valence electrons. The number of benzene rings is 1. The van der Waals surface area contributed by atoms with Crippen molar-refractivity contribution in [1.29, 1.82) is 0 Å². The van der Waals surface area contributed by atoms with Gasteiger partial charge in [-0.25, -0.2) is 4.39 Å². The zero-order valence-corrected chi connectivity index (χ0v) is 8.37. The molecule has 0 radical (unpaired) electrons. The molecule has 0 spiro atoms. The summed E-state index contributed by atoms with van der Waals surface area (Å²) >= 11 is 0. The topological polar surface area (TPSA) is 69.2 Å². The van der Waals surface area contributed by atoms with Crippen molar-refractivity contribution < 1.29 is 13.7 Å². The number of nitrogens with zero attached hydrogens (tertiary/aromatic N) is 1. The molecule has 6 heteroatoms. The molecule has 1 fully saturated rings. The second-order valence-corrected chi connectivity index (χ2v) is 4.03. The van der Waals surface area contributed by atoms with E-state index in [9.17, 15) is 18.9 Å². The van der Waals surface area contributed by atoms with E-state index in [1.807, 2.05) is 0 Å². The molecule has 0 bridgehead atoms. The number of hydrogen-bond acceptors (Lipinski definition) is 3. The summed E-state index contributed by atoms with van der Waals surface area (Å²) in [6.07, 6.45) is 1.38. The van der Waals surface area contributed by atoms with Crippen LogP contribution in [0.2, 0.25) is 0 Å². The Hall–Kier alpha value is -1.56. The lowest BCUT2D eigenvalue weighted by Crippen LogP contribution is -2.21. The molecule has 1 aliphatic carbocycles. The third kappa shape index (κ3) is 1.55. The fourth-order valence-corrected chi connectivity index (χ4v) is 1.82. The van der Waals surface area contributed by atoms with Crippen LogP contribution in [0, 0.1) is 21.7 Å². The third-order valence-electron chi connectivity index (χ3n) is 3.05. The Morgan fingerprint density at radius 3 is 2.44 bits per heavy atom. The van der Waals surface area contributed by atoms with Gasteiger partial charge in [0.2, 0.25) is 5.82 Å². The molecule has 0 heterocycles. The van der Waals surface area contributed by atoms with Crippen molar-refractivity contribution in [2.24, 2.45) is 5.73 Å². The SMILES string of the molecule is NCC1(c2cc(F)c([N+](=O)[O-])cc2F)CC1. The predicted octanol–water partition coefficient (Wildman–Crippen LogP) is 1.86. The van der Waals surface area contributed by atoms with Crippen molar-refractivity contribution in [3.63, 3.8) is 0 Å². The number of hydrogen-bond donors (Lipinski definition) is 1. The minimum Gasteiger partial charge on any atom is -0.330 e. The fourth-order valence-electron chi connectivity index (χ4n) is 1.82. The Morgan fingerprint density at radius 2 is 2.00 bits per heavy atom. The van der Waals surface area contributed by atoms with E-state index >= 15 is 0 Å². The van der Waals surface area contributed by atoms with Gasteiger partial charge in [0.25, 0.3) is 0 Å². The van der Waals surface area contributed by atoms with Crippen molar-refractivity contribution in [1.82, 2.24) is 0 Å². The number of nitro groups is 1. The van der Waals surface area contributed by atoms with Crippen LogP contribution in [0.3, 0.4) is 0 Å². The van der Waals surface area contributed by atoms with Gasteiger partial charge in [-0.3, -0.25) is 10.1 Å². The molecule has 0 aromatic heterocycles. The average Bonchev–Trinajstić information content (AvgIpc) is 3.01. The zero-order valence-electron chi connectivity index (χ0n) is 8.37. The summed E-state index contributed by atoms with van der Waals surface area (Å²) in [5, 5.41) is 10.4.